The van der Waals surface area contributed by atoms with Crippen LogP contribution in [0.15, 0.2) is 41.8 Å². The van der Waals surface area contributed by atoms with E-state index < -0.39 is 13.8 Å². The zero-order valence-corrected chi connectivity index (χ0v) is 13.4. The molecular weight excluding hydrogens is 329 g/mol. The van der Waals surface area contributed by atoms with Crippen molar-refractivity contribution in [1.29, 1.82) is 0 Å². The van der Waals surface area contributed by atoms with Crippen molar-refractivity contribution in [2.75, 3.05) is 13.1 Å². The lowest BCUT2D eigenvalue weighted by atomic mass is 10.2. The minimum atomic E-state index is -3.70. The molecule has 0 aliphatic rings. The summed E-state index contributed by atoms with van der Waals surface area (Å²) in [5, 5.41) is 0. The van der Waals surface area contributed by atoms with Crippen LogP contribution in [0.25, 0.3) is 0 Å². The largest absolute Gasteiger partial charge is 0.243 e. The Hall–Kier alpha value is -0.260. The Bertz CT molecular complexity index is 535. The third-order valence-corrected chi connectivity index (χ3v) is 4.53. The normalized spacial score (nSPS) is 12.7. The number of rotatable bonds is 5. The fourth-order valence-electron chi connectivity index (χ4n) is 1.45. The molecule has 3 nitrogen and oxygen atoms in total. The van der Waals surface area contributed by atoms with Crippen molar-refractivity contribution in [2.45, 2.75) is 15.6 Å². The van der Waals surface area contributed by atoms with Gasteiger partial charge in [0.25, 0.3) is 0 Å². The first-order valence-electron chi connectivity index (χ1n) is 5.41. The molecular formula is C12H14Cl3NO2S. The molecule has 1 rings (SSSR count). The minimum absolute atomic E-state index is 0.0735. The molecule has 0 saturated heterocycles. The highest BCUT2D eigenvalue weighted by Gasteiger charge is 2.31. The fourth-order valence-corrected chi connectivity index (χ4v) is 3.54. The third-order valence-electron chi connectivity index (χ3n) is 2.35. The van der Waals surface area contributed by atoms with Gasteiger partial charge in [-0.15, -0.1) is 6.58 Å². The van der Waals surface area contributed by atoms with E-state index in [1.54, 1.807) is 12.1 Å². The van der Waals surface area contributed by atoms with E-state index in [1.807, 2.05) is 6.92 Å². The van der Waals surface area contributed by atoms with E-state index in [9.17, 15) is 8.42 Å². The molecule has 1 aromatic rings. The first-order valence-corrected chi connectivity index (χ1v) is 7.98. The molecule has 0 bridgehead atoms. The van der Waals surface area contributed by atoms with Crippen LogP contribution in [-0.4, -0.2) is 29.6 Å². The van der Waals surface area contributed by atoms with Gasteiger partial charge in [-0.1, -0.05) is 58.6 Å². The number of hydrogen-bond acceptors (Lipinski definition) is 2. The number of hydrogen-bond donors (Lipinski definition) is 0. The smallest absolute Gasteiger partial charge is 0.207 e. The lowest BCUT2D eigenvalue weighted by Gasteiger charge is -2.24. The monoisotopic (exact) mass is 341 g/mol. The second-order valence-corrected chi connectivity index (χ2v) is 8.47. The number of benzene rings is 1. The van der Waals surface area contributed by atoms with Crippen molar-refractivity contribution in [3.63, 3.8) is 0 Å². The van der Waals surface area contributed by atoms with Crippen molar-refractivity contribution in [3.05, 3.63) is 42.5 Å². The van der Waals surface area contributed by atoms with Gasteiger partial charge in [0.05, 0.1) is 11.4 Å². The van der Waals surface area contributed by atoms with Crippen molar-refractivity contribution < 1.29 is 8.42 Å². The summed E-state index contributed by atoms with van der Waals surface area (Å²) in [7, 11) is -3.70. The Kier molecular flexibility index (Phi) is 5.71. The van der Waals surface area contributed by atoms with Crippen LogP contribution < -0.4 is 0 Å². The van der Waals surface area contributed by atoms with Gasteiger partial charge in [0.1, 0.15) is 0 Å². The molecule has 7 heteroatoms. The highest BCUT2D eigenvalue weighted by molar-refractivity contribution is 7.89. The van der Waals surface area contributed by atoms with Gasteiger partial charge < -0.3 is 0 Å². The van der Waals surface area contributed by atoms with Gasteiger partial charge in [0.2, 0.25) is 13.8 Å². The summed E-state index contributed by atoms with van der Waals surface area (Å²) < 4.78 is 24.2. The molecule has 0 N–H and O–H groups in total. The molecule has 0 atom stereocenters. The third kappa shape index (κ3) is 4.97. The Balaban J connectivity index is 3.12. The fraction of sp³-hybridized carbons (Fsp3) is 0.333. The van der Waals surface area contributed by atoms with Crippen LogP contribution in [0.1, 0.15) is 5.56 Å². The maximum Gasteiger partial charge on any atom is 0.243 e. The second-order valence-electron chi connectivity index (χ2n) is 4.01. The van der Waals surface area contributed by atoms with E-state index in [4.69, 9.17) is 34.8 Å². The Labute approximate surface area is 128 Å². The zero-order valence-electron chi connectivity index (χ0n) is 10.3. The van der Waals surface area contributed by atoms with Crippen molar-refractivity contribution in [2.24, 2.45) is 0 Å². The quantitative estimate of drug-likeness (QED) is 0.606. The average Bonchev–Trinajstić information content (AvgIpc) is 2.27. The van der Waals surface area contributed by atoms with Crippen LogP contribution in [0.2, 0.25) is 0 Å². The second kappa shape index (κ2) is 6.46. The summed E-state index contributed by atoms with van der Waals surface area (Å²) in [4.78, 5) is 0.161. The number of sulfonamides is 1. The van der Waals surface area contributed by atoms with Crippen LogP contribution in [0.5, 0.6) is 0 Å². The molecule has 0 unspecified atom stereocenters. The lowest BCUT2D eigenvalue weighted by Crippen LogP contribution is -2.37. The highest BCUT2D eigenvalue weighted by atomic mass is 35.6. The summed E-state index contributed by atoms with van der Waals surface area (Å²) in [6.45, 7) is 5.23. The van der Waals surface area contributed by atoms with E-state index in [0.29, 0.717) is 0 Å². The van der Waals surface area contributed by atoms with Gasteiger partial charge in [0.15, 0.2) is 0 Å². The lowest BCUT2D eigenvalue weighted by molar-refractivity contribution is 0.449. The maximum absolute atomic E-state index is 12.4. The van der Waals surface area contributed by atoms with Gasteiger partial charge in [-0.3, -0.25) is 0 Å². The summed E-state index contributed by atoms with van der Waals surface area (Å²) in [5.41, 5.74) is 0.968. The Morgan fingerprint density at radius 1 is 1.26 bits per heavy atom. The molecule has 0 aliphatic carbocycles. The van der Waals surface area contributed by atoms with Crippen LogP contribution in [-0.2, 0) is 10.0 Å². The van der Waals surface area contributed by atoms with Crippen molar-refractivity contribution in [3.8, 4) is 0 Å². The van der Waals surface area contributed by atoms with Gasteiger partial charge >= 0.3 is 0 Å². The summed E-state index contributed by atoms with van der Waals surface area (Å²) in [6, 6.07) is 6.49. The molecule has 1 aromatic carbocycles. The standard InChI is InChI=1S/C12H14Cl3NO2S/c1-3-8-16(9-12(13,14)15)19(17,18)11-6-4-10(2)5-7-11/h3-7H,1,8-9H2,2H3. The summed E-state index contributed by atoms with van der Waals surface area (Å²) in [5.74, 6) is 0. The van der Waals surface area contributed by atoms with E-state index in [0.717, 1.165) is 9.87 Å². The zero-order chi connectivity index (χ0) is 14.7. The van der Waals surface area contributed by atoms with Crippen LogP contribution in [0.3, 0.4) is 0 Å². The highest BCUT2D eigenvalue weighted by Crippen LogP contribution is 2.29. The Morgan fingerprint density at radius 3 is 2.21 bits per heavy atom. The maximum atomic E-state index is 12.4. The topological polar surface area (TPSA) is 37.4 Å². The Morgan fingerprint density at radius 2 is 1.79 bits per heavy atom. The molecule has 0 saturated carbocycles. The van der Waals surface area contributed by atoms with Crippen molar-refractivity contribution in [1.82, 2.24) is 4.31 Å². The molecule has 0 aliphatic heterocycles. The predicted octanol–water partition coefficient (Wildman–Crippen LogP) is 3.54. The number of aryl methyl sites for hydroxylation is 1. The SMILES string of the molecule is C=CCN(CC(Cl)(Cl)Cl)S(=O)(=O)c1ccc(C)cc1. The number of alkyl halides is 3. The van der Waals surface area contributed by atoms with Gasteiger partial charge in [-0.25, -0.2) is 8.42 Å². The summed E-state index contributed by atoms with van der Waals surface area (Å²) >= 11 is 17.0. The van der Waals surface area contributed by atoms with E-state index >= 15 is 0 Å². The molecule has 0 amide bonds. The first kappa shape index (κ1) is 16.8. The van der Waals surface area contributed by atoms with Crippen LogP contribution in [0, 0.1) is 6.92 Å². The predicted molar refractivity (Wildman–Crippen MR) is 80.4 cm³/mol. The van der Waals surface area contributed by atoms with Crippen molar-refractivity contribution >= 4 is 44.8 Å². The molecule has 106 valence electrons. The van der Waals surface area contributed by atoms with Gasteiger partial charge in [-0.05, 0) is 19.1 Å². The molecule has 0 aromatic heterocycles. The van der Waals surface area contributed by atoms with Gasteiger partial charge in [-0.2, -0.15) is 4.31 Å². The molecule has 19 heavy (non-hydrogen) atoms. The average molecular weight is 343 g/mol. The minimum Gasteiger partial charge on any atom is -0.207 e. The van der Waals surface area contributed by atoms with E-state index in [-0.39, 0.29) is 18.0 Å². The number of nitrogens with zero attached hydrogens (tertiary/aromatic N) is 1. The van der Waals surface area contributed by atoms with E-state index in [1.165, 1.54) is 18.2 Å². The summed E-state index contributed by atoms with van der Waals surface area (Å²) in [6.07, 6.45) is 1.45. The molecule has 0 spiro atoms. The first-order chi connectivity index (χ1) is 8.66. The van der Waals surface area contributed by atoms with Crippen LogP contribution in [0.4, 0.5) is 0 Å². The van der Waals surface area contributed by atoms with Gasteiger partial charge in [0, 0.05) is 6.54 Å². The molecule has 0 radical (unpaired) electrons. The molecule has 0 fully saturated rings. The van der Waals surface area contributed by atoms with Crippen LogP contribution >= 0.6 is 34.8 Å². The molecule has 0 heterocycles. The van der Waals surface area contributed by atoms with E-state index in [2.05, 4.69) is 6.58 Å². The number of halogens is 3.